The molecule has 6 heteroatoms. The van der Waals surface area contributed by atoms with Gasteiger partial charge in [-0.15, -0.1) is 0 Å². The van der Waals surface area contributed by atoms with Crippen LogP contribution < -0.4 is 5.32 Å². The highest BCUT2D eigenvalue weighted by Gasteiger charge is 2.16. The SMILES string of the molecule is Cc1nc2ccccn2c1C(=O)Nc1ccc(F)c(Cl)c1. The van der Waals surface area contributed by atoms with E-state index < -0.39 is 5.82 Å². The minimum Gasteiger partial charge on any atom is -0.321 e. The van der Waals surface area contributed by atoms with E-state index in [4.69, 9.17) is 11.6 Å². The molecule has 3 aromatic rings. The topological polar surface area (TPSA) is 46.4 Å². The number of fused-ring (bicyclic) bond motifs is 1. The largest absolute Gasteiger partial charge is 0.321 e. The molecule has 0 saturated carbocycles. The molecule has 0 aliphatic heterocycles. The quantitative estimate of drug-likeness (QED) is 0.785. The summed E-state index contributed by atoms with van der Waals surface area (Å²) in [5.41, 5.74) is 2.17. The number of benzene rings is 1. The van der Waals surface area contributed by atoms with Crippen LogP contribution in [-0.2, 0) is 0 Å². The van der Waals surface area contributed by atoms with Gasteiger partial charge in [0.1, 0.15) is 17.2 Å². The zero-order valence-electron chi connectivity index (χ0n) is 11.1. The molecular weight excluding hydrogens is 293 g/mol. The molecule has 2 heterocycles. The van der Waals surface area contributed by atoms with Crippen LogP contribution in [0.5, 0.6) is 0 Å². The highest BCUT2D eigenvalue weighted by molar-refractivity contribution is 6.31. The first kappa shape index (κ1) is 13.6. The second-order valence-electron chi connectivity index (χ2n) is 4.56. The van der Waals surface area contributed by atoms with Gasteiger partial charge in [-0.1, -0.05) is 17.7 Å². The lowest BCUT2D eigenvalue weighted by molar-refractivity contribution is 0.102. The van der Waals surface area contributed by atoms with Crippen LogP contribution in [-0.4, -0.2) is 15.3 Å². The summed E-state index contributed by atoms with van der Waals surface area (Å²) in [6.07, 6.45) is 1.77. The fourth-order valence-electron chi connectivity index (χ4n) is 2.15. The molecule has 0 bridgehead atoms. The Kier molecular flexibility index (Phi) is 3.35. The van der Waals surface area contributed by atoms with Crippen molar-refractivity contribution in [2.24, 2.45) is 0 Å². The molecule has 0 fully saturated rings. The number of anilines is 1. The summed E-state index contributed by atoms with van der Waals surface area (Å²) in [4.78, 5) is 16.7. The van der Waals surface area contributed by atoms with Crippen LogP contribution in [0.4, 0.5) is 10.1 Å². The normalized spacial score (nSPS) is 10.8. The first-order valence-electron chi connectivity index (χ1n) is 6.26. The monoisotopic (exact) mass is 303 g/mol. The number of carbonyl (C=O) groups excluding carboxylic acids is 1. The molecule has 0 spiro atoms. The molecule has 0 unspecified atom stereocenters. The molecule has 0 aliphatic carbocycles. The fraction of sp³-hybridized carbons (Fsp3) is 0.0667. The van der Waals surface area contributed by atoms with E-state index in [2.05, 4.69) is 10.3 Å². The van der Waals surface area contributed by atoms with Gasteiger partial charge in [0.15, 0.2) is 0 Å². The Morgan fingerprint density at radius 1 is 1.33 bits per heavy atom. The van der Waals surface area contributed by atoms with Crippen molar-refractivity contribution in [1.82, 2.24) is 9.38 Å². The van der Waals surface area contributed by atoms with Crippen LogP contribution in [0.25, 0.3) is 5.65 Å². The number of hydrogen-bond donors (Lipinski definition) is 1. The molecule has 21 heavy (non-hydrogen) atoms. The van der Waals surface area contributed by atoms with E-state index in [-0.39, 0.29) is 10.9 Å². The fourth-order valence-corrected chi connectivity index (χ4v) is 2.33. The van der Waals surface area contributed by atoms with Gasteiger partial charge in [-0.2, -0.15) is 0 Å². The first-order valence-corrected chi connectivity index (χ1v) is 6.64. The molecule has 0 atom stereocenters. The van der Waals surface area contributed by atoms with Crippen LogP contribution in [0.3, 0.4) is 0 Å². The standard InChI is InChI=1S/C15H11ClFN3O/c1-9-14(20-7-3-2-4-13(20)18-9)15(21)19-10-5-6-12(17)11(16)8-10/h2-8H,1H3,(H,19,21). The number of rotatable bonds is 2. The van der Waals surface area contributed by atoms with Gasteiger partial charge < -0.3 is 5.32 Å². The van der Waals surface area contributed by atoms with Crippen LogP contribution in [0.1, 0.15) is 16.2 Å². The third-order valence-corrected chi connectivity index (χ3v) is 3.39. The number of pyridine rings is 1. The van der Waals surface area contributed by atoms with E-state index in [1.807, 2.05) is 18.2 Å². The smallest absolute Gasteiger partial charge is 0.274 e. The minimum atomic E-state index is -0.527. The van der Waals surface area contributed by atoms with Crippen molar-refractivity contribution < 1.29 is 9.18 Å². The van der Waals surface area contributed by atoms with Crippen molar-refractivity contribution in [2.45, 2.75) is 6.92 Å². The zero-order valence-corrected chi connectivity index (χ0v) is 11.9. The summed E-state index contributed by atoms with van der Waals surface area (Å²) in [5, 5.41) is 2.66. The van der Waals surface area contributed by atoms with E-state index >= 15 is 0 Å². The number of aromatic nitrogens is 2. The zero-order chi connectivity index (χ0) is 15.0. The number of nitrogens with one attached hydrogen (secondary N) is 1. The number of hydrogen-bond acceptors (Lipinski definition) is 2. The molecule has 0 saturated heterocycles. The maximum absolute atomic E-state index is 13.1. The van der Waals surface area contributed by atoms with E-state index in [0.717, 1.165) is 0 Å². The molecular formula is C15H11ClFN3O. The van der Waals surface area contributed by atoms with Crippen molar-refractivity contribution in [3.8, 4) is 0 Å². The Bertz CT molecular complexity index is 844. The minimum absolute atomic E-state index is 0.0392. The Hall–Kier alpha value is -2.40. The van der Waals surface area contributed by atoms with Crippen LogP contribution in [0, 0.1) is 12.7 Å². The lowest BCUT2D eigenvalue weighted by Gasteiger charge is -2.06. The van der Waals surface area contributed by atoms with Gasteiger partial charge in [0.2, 0.25) is 0 Å². The number of nitrogens with zero attached hydrogens (tertiary/aromatic N) is 2. The lowest BCUT2D eigenvalue weighted by Crippen LogP contribution is -2.15. The highest BCUT2D eigenvalue weighted by Crippen LogP contribution is 2.20. The van der Waals surface area contributed by atoms with E-state index in [1.54, 1.807) is 17.5 Å². The third kappa shape index (κ3) is 2.48. The van der Waals surface area contributed by atoms with Gasteiger partial charge in [0.05, 0.1) is 10.7 Å². The van der Waals surface area contributed by atoms with Crippen molar-refractivity contribution in [3.05, 3.63) is 64.8 Å². The third-order valence-electron chi connectivity index (χ3n) is 3.10. The van der Waals surface area contributed by atoms with Gasteiger partial charge in [0.25, 0.3) is 5.91 Å². The van der Waals surface area contributed by atoms with Gasteiger partial charge in [-0.3, -0.25) is 9.20 Å². The summed E-state index contributed by atoms with van der Waals surface area (Å²) in [6, 6.07) is 9.52. The summed E-state index contributed by atoms with van der Waals surface area (Å²) in [7, 11) is 0. The average Bonchev–Trinajstić information content (AvgIpc) is 2.78. The van der Waals surface area contributed by atoms with E-state index in [1.165, 1.54) is 18.2 Å². The van der Waals surface area contributed by atoms with Crippen molar-refractivity contribution in [1.29, 1.82) is 0 Å². The van der Waals surface area contributed by atoms with E-state index in [9.17, 15) is 9.18 Å². The lowest BCUT2D eigenvalue weighted by atomic mass is 10.2. The predicted octanol–water partition coefficient (Wildman–Crippen LogP) is 3.69. The molecule has 2 aromatic heterocycles. The Morgan fingerprint density at radius 3 is 2.90 bits per heavy atom. The Morgan fingerprint density at radius 2 is 2.14 bits per heavy atom. The number of carbonyl (C=O) groups is 1. The summed E-state index contributed by atoms with van der Waals surface area (Å²) >= 11 is 5.70. The molecule has 1 aromatic carbocycles. The molecule has 3 rings (SSSR count). The van der Waals surface area contributed by atoms with Gasteiger partial charge in [0, 0.05) is 11.9 Å². The highest BCUT2D eigenvalue weighted by atomic mass is 35.5. The second-order valence-corrected chi connectivity index (χ2v) is 4.96. The summed E-state index contributed by atoms with van der Waals surface area (Å²) in [6.45, 7) is 1.76. The summed E-state index contributed by atoms with van der Waals surface area (Å²) < 4.78 is 14.8. The Labute approximate surface area is 125 Å². The van der Waals surface area contributed by atoms with Crippen molar-refractivity contribution >= 4 is 28.8 Å². The van der Waals surface area contributed by atoms with E-state index in [0.29, 0.717) is 22.7 Å². The van der Waals surface area contributed by atoms with Crippen LogP contribution in [0.2, 0.25) is 5.02 Å². The second kappa shape index (κ2) is 5.18. The van der Waals surface area contributed by atoms with Gasteiger partial charge in [-0.25, -0.2) is 9.37 Å². The molecule has 1 N–H and O–H groups in total. The number of aryl methyl sites for hydroxylation is 1. The van der Waals surface area contributed by atoms with Crippen LogP contribution >= 0.6 is 11.6 Å². The molecule has 106 valence electrons. The predicted molar refractivity (Wildman–Crippen MR) is 79.3 cm³/mol. The molecule has 0 aliphatic rings. The molecule has 1 amide bonds. The van der Waals surface area contributed by atoms with Crippen molar-refractivity contribution in [3.63, 3.8) is 0 Å². The number of halogens is 2. The van der Waals surface area contributed by atoms with Crippen molar-refractivity contribution in [2.75, 3.05) is 5.32 Å². The maximum atomic E-state index is 13.1. The number of amides is 1. The average molecular weight is 304 g/mol. The van der Waals surface area contributed by atoms with Gasteiger partial charge >= 0.3 is 0 Å². The maximum Gasteiger partial charge on any atom is 0.274 e. The summed E-state index contributed by atoms with van der Waals surface area (Å²) in [5.74, 6) is -0.852. The molecule has 0 radical (unpaired) electrons. The molecule has 4 nitrogen and oxygen atoms in total. The Balaban J connectivity index is 1.97. The van der Waals surface area contributed by atoms with Crippen LogP contribution in [0.15, 0.2) is 42.6 Å². The van der Waals surface area contributed by atoms with Gasteiger partial charge in [-0.05, 0) is 37.3 Å². The first-order chi connectivity index (χ1) is 10.1. The number of imidazole rings is 1.